The Morgan fingerprint density at radius 1 is 1.11 bits per heavy atom. The highest BCUT2D eigenvalue weighted by Crippen LogP contribution is 2.28. The number of anilines is 1. The van der Waals surface area contributed by atoms with Gasteiger partial charge in [0.25, 0.3) is 0 Å². The lowest BCUT2D eigenvalue weighted by atomic mass is 10.1. The standard InChI is InChI=1S/C15H15NO3/c1-9-3-5-12(7-10(9)2)19-14-8-11(16)4-6-13(14)15(17)18/h3-8H,16H2,1-2H3,(H,17,18). The summed E-state index contributed by atoms with van der Waals surface area (Å²) in [7, 11) is 0. The van der Waals surface area contributed by atoms with Gasteiger partial charge in [0.05, 0.1) is 0 Å². The molecule has 0 atom stereocenters. The van der Waals surface area contributed by atoms with Crippen LogP contribution < -0.4 is 10.5 Å². The Morgan fingerprint density at radius 3 is 2.47 bits per heavy atom. The first kappa shape index (κ1) is 13.0. The van der Waals surface area contributed by atoms with Crippen LogP contribution in [-0.4, -0.2) is 11.1 Å². The van der Waals surface area contributed by atoms with Crippen LogP contribution in [0.15, 0.2) is 36.4 Å². The van der Waals surface area contributed by atoms with Gasteiger partial charge in [-0.15, -0.1) is 0 Å². The van der Waals surface area contributed by atoms with Gasteiger partial charge in [-0.05, 0) is 49.2 Å². The highest BCUT2D eigenvalue weighted by atomic mass is 16.5. The SMILES string of the molecule is Cc1ccc(Oc2cc(N)ccc2C(=O)O)cc1C. The largest absolute Gasteiger partial charge is 0.478 e. The number of carboxylic acids is 1. The van der Waals surface area contributed by atoms with Crippen molar-refractivity contribution in [1.29, 1.82) is 0 Å². The average molecular weight is 257 g/mol. The highest BCUT2D eigenvalue weighted by molar-refractivity contribution is 5.91. The van der Waals surface area contributed by atoms with Crippen LogP contribution in [0.2, 0.25) is 0 Å². The molecular weight excluding hydrogens is 242 g/mol. The van der Waals surface area contributed by atoms with Crippen LogP contribution in [0.5, 0.6) is 11.5 Å². The maximum absolute atomic E-state index is 11.1. The molecule has 2 rings (SSSR count). The molecule has 0 radical (unpaired) electrons. The van der Waals surface area contributed by atoms with E-state index in [1.165, 1.54) is 18.2 Å². The first-order chi connectivity index (χ1) is 8.97. The average Bonchev–Trinajstić information content (AvgIpc) is 2.33. The van der Waals surface area contributed by atoms with Crippen LogP contribution in [0.25, 0.3) is 0 Å². The number of aryl methyl sites for hydroxylation is 2. The monoisotopic (exact) mass is 257 g/mol. The summed E-state index contributed by atoms with van der Waals surface area (Å²) >= 11 is 0. The molecule has 0 heterocycles. The molecule has 4 heteroatoms. The Labute approximate surface area is 111 Å². The van der Waals surface area contributed by atoms with E-state index in [1.54, 1.807) is 6.07 Å². The Kier molecular flexibility index (Phi) is 3.42. The molecule has 3 N–H and O–H groups in total. The highest BCUT2D eigenvalue weighted by Gasteiger charge is 2.12. The van der Waals surface area contributed by atoms with Gasteiger partial charge in [0.2, 0.25) is 0 Å². The summed E-state index contributed by atoms with van der Waals surface area (Å²) in [5, 5.41) is 9.11. The zero-order valence-electron chi connectivity index (χ0n) is 10.8. The molecule has 0 aliphatic carbocycles. The topological polar surface area (TPSA) is 72.5 Å². The number of rotatable bonds is 3. The number of benzene rings is 2. The molecule has 2 aromatic carbocycles. The molecule has 98 valence electrons. The van der Waals surface area contributed by atoms with Crippen molar-refractivity contribution in [2.75, 3.05) is 5.73 Å². The fraction of sp³-hybridized carbons (Fsp3) is 0.133. The van der Waals surface area contributed by atoms with E-state index in [1.807, 2.05) is 26.0 Å². The third-order valence-electron chi connectivity index (χ3n) is 2.94. The van der Waals surface area contributed by atoms with E-state index < -0.39 is 5.97 Å². The minimum absolute atomic E-state index is 0.0902. The van der Waals surface area contributed by atoms with Gasteiger partial charge in [0, 0.05) is 11.8 Å². The van der Waals surface area contributed by atoms with E-state index in [0.29, 0.717) is 11.4 Å². The van der Waals surface area contributed by atoms with E-state index in [2.05, 4.69) is 0 Å². The lowest BCUT2D eigenvalue weighted by Gasteiger charge is -2.11. The van der Waals surface area contributed by atoms with Crippen molar-refractivity contribution in [3.8, 4) is 11.5 Å². The smallest absolute Gasteiger partial charge is 0.339 e. The van der Waals surface area contributed by atoms with E-state index in [0.717, 1.165) is 11.1 Å². The van der Waals surface area contributed by atoms with Crippen LogP contribution in [0.1, 0.15) is 21.5 Å². The fourth-order valence-corrected chi connectivity index (χ4v) is 1.70. The van der Waals surface area contributed by atoms with Crippen molar-refractivity contribution < 1.29 is 14.6 Å². The van der Waals surface area contributed by atoms with Gasteiger partial charge >= 0.3 is 5.97 Å². The van der Waals surface area contributed by atoms with Crippen molar-refractivity contribution in [1.82, 2.24) is 0 Å². The molecular formula is C15H15NO3. The molecule has 0 fully saturated rings. The van der Waals surface area contributed by atoms with Crippen molar-refractivity contribution in [3.05, 3.63) is 53.1 Å². The zero-order chi connectivity index (χ0) is 14.0. The number of aromatic carboxylic acids is 1. The third kappa shape index (κ3) is 2.85. The second kappa shape index (κ2) is 5.02. The second-order valence-corrected chi connectivity index (χ2v) is 4.41. The molecule has 2 aromatic rings. The summed E-state index contributed by atoms with van der Waals surface area (Å²) in [6.45, 7) is 3.97. The number of carboxylic acid groups (broad SMARTS) is 1. The Morgan fingerprint density at radius 2 is 1.84 bits per heavy atom. The van der Waals surface area contributed by atoms with Gasteiger partial charge in [-0.25, -0.2) is 4.79 Å². The summed E-state index contributed by atoms with van der Waals surface area (Å²) in [4.78, 5) is 11.1. The maximum atomic E-state index is 11.1. The summed E-state index contributed by atoms with van der Waals surface area (Å²) in [6.07, 6.45) is 0. The number of ether oxygens (including phenoxy) is 1. The van der Waals surface area contributed by atoms with E-state index in [9.17, 15) is 4.79 Å². The lowest BCUT2D eigenvalue weighted by molar-refractivity contribution is 0.0694. The number of nitrogen functional groups attached to an aromatic ring is 1. The lowest BCUT2D eigenvalue weighted by Crippen LogP contribution is -2.01. The predicted molar refractivity (Wildman–Crippen MR) is 73.8 cm³/mol. The van der Waals surface area contributed by atoms with Crippen LogP contribution in [-0.2, 0) is 0 Å². The molecule has 0 aliphatic heterocycles. The molecule has 0 unspecified atom stereocenters. The first-order valence-electron chi connectivity index (χ1n) is 5.85. The fourth-order valence-electron chi connectivity index (χ4n) is 1.70. The quantitative estimate of drug-likeness (QED) is 0.827. The Balaban J connectivity index is 2.39. The molecule has 19 heavy (non-hydrogen) atoms. The molecule has 0 aromatic heterocycles. The maximum Gasteiger partial charge on any atom is 0.339 e. The second-order valence-electron chi connectivity index (χ2n) is 4.41. The number of hydrogen-bond donors (Lipinski definition) is 2. The summed E-state index contributed by atoms with van der Waals surface area (Å²) in [5.74, 6) is -0.203. The minimum Gasteiger partial charge on any atom is -0.478 e. The predicted octanol–water partition coefficient (Wildman–Crippen LogP) is 3.38. The van der Waals surface area contributed by atoms with Gasteiger partial charge in [0.1, 0.15) is 17.1 Å². The van der Waals surface area contributed by atoms with Gasteiger partial charge in [-0.2, -0.15) is 0 Å². The van der Waals surface area contributed by atoms with Crippen LogP contribution in [0, 0.1) is 13.8 Å². The molecule has 0 saturated carbocycles. The van der Waals surface area contributed by atoms with Crippen LogP contribution in [0.4, 0.5) is 5.69 Å². The molecule has 0 amide bonds. The normalized spacial score (nSPS) is 10.2. The third-order valence-corrected chi connectivity index (χ3v) is 2.94. The number of nitrogens with two attached hydrogens (primary N) is 1. The molecule has 0 bridgehead atoms. The molecule has 0 aliphatic rings. The molecule has 0 spiro atoms. The van der Waals surface area contributed by atoms with E-state index in [4.69, 9.17) is 15.6 Å². The molecule has 0 saturated heterocycles. The summed E-state index contributed by atoms with van der Waals surface area (Å²) < 4.78 is 5.63. The van der Waals surface area contributed by atoms with Crippen molar-refractivity contribution in [2.45, 2.75) is 13.8 Å². The van der Waals surface area contributed by atoms with Gasteiger partial charge in [-0.1, -0.05) is 6.07 Å². The van der Waals surface area contributed by atoms with E-state index in [-0.39, 0.29) is 11.3 Å². The van der Waals surface area contributed by atoms with Gasteiger partial charge in [-0.3, -0.25) is 0 Å². The van der Waals surface area contributed by atoms with Crippen LogP contribution in [0.3, 0.4) is 0 Å². The Hall–Kier alpha value is -2.49. The van der Waals surface area contributed by atoms with Crippen molar-refractivity contribution in [3.63, 3.8) is 0 Å². The van der Waals surface area contributed by atoms with Crippen molar-refractivity contribution in [2.24, 2.45) is 0 Å². The van der Waals surface area contributed by atoms with Gasteiger partial charge < -0.3 is 15.6 Å². The Bertz CT molecular complexity index is 635. The van der Waals surface area contributed by atoms with E-state index >= 15 is 0 Å². The summed E-state index contributed by atoms with van der Waals surface area (Å²) in [6, 6.07) is 10.1. The summed E-state index contributed by atoms with van der Waals surface area (Å²) in [5.41, 5.74) is 8.45. The minimum atomic E-state index is -1.04. The zero-order valence-corrected chi connectivity index (χ0v) is 10.8. The van der Waals surface area contributed by atoms with Crippen molar-refractivity contribution >= 4 is 11.7 Å². The number of carbonyl (C=O) groups is 1. The molecule has 4 nitrogen and oxygen atoms in total. The number of hydrogen-bond acceptors (Lipinski definition) is 3. The van der Waals surface area contributed by atoms with Gasteiger partial charge in [0.15, 0.2) is 0 Å². The van der Waals surface area contributed by atoms with Crippen LogP contribution >= 0.6 is 0 Å². The first-order valence-corrected chi connectivity index (χ1v) is 5.85.